The number of nitrogens with one attached hydrogen (secondary N) is 1. The van der Waals surface area contributed by atoms with Gasteiger partial charge in [-0.3, -0.25) is 4.90 Å². The Balaban J connectivity index is 1.51. The molecule has 0 aliphatic carbocycles. The van der Waals surface area contributed by atoms with Crippen LogP contribution in [0.2, 0.25) is 0 Å². The van der Waals surface area contributed by atoms with Gasteiger partial charge in [-0.2, -0.15) is 0 Å². The van der Waals surface area contributed by atoms with Gasteiger partial charge in [-0.25, -0.2) is 11.4 Å². The van der Waals surface area contributed by atoms with Crippen LogP contribution in [-0.2, 0) is 0 Å². The molecule has 2 aromatic carbocycles. The Morgan fingerprint density at radius 2 is 1.87 bits per heavy atom. The summed E-state index contributed by atoms with van der Waals surface area (Å²) in [4.78, 5) is 21.2. The van der Waals surface area contributed by atoms with E-state index in [0.29, 0.717) is 13.1 Å². The molecule has 0 bridgehead atoms. The fourth-order valence-electron chi connectivity index (χ4n) is 4.78. The molecule has 2 amide bonds. The first kappa shape index (κ1) is 21.7. The highest BCUT2D eigenvalue weighted by atomic mass is 79.9. The van der Waals surface area contributed by atoms with Crippen LogP contribution in [0, 0.1) is 6.57 Å². The summed E-state index contributed by atoms with van der Waals surface area (Å²) in [6, 6.07) is 16.2. The smallest absolute Gasteiger partial charge is 0.321 e. The van der Waals surface area contributed by atoms with Crippen LogP contribution in [0.5, 0.6) is 5.75 Å². The lowest BCUT2D eigenvalue weighted by Gasteiger charge is -2.55. The number of nitrogens with zero attached hydrogens (tertiary/aromatic N) is 3. The normalized spacial score (nSPS) is 23.5. The van der Waals surface area contributed by atoms with E-state index in [0.717, 1.165) is 41.8 Å². The molecule has 31 heavy (non-hydrogen) atoms. The van der Waals surface area contributed by atoms with Crippen molar-refractivity contribution in [3.8, 4) is 5.75 Å². The largest absolute Gasteiger partial charge is 0.497 e. The first-order valence-electron chi connectivity index (χ1n) is 10.6. The van der Waals surface area contributed by atoms with Gasteiger partial charge in [-0.05, 0) is 61.3 Å². The zero-order valence-electron chi connectivity index (χ0n) is 17.6. The molecular weight excluding hydrogens is 456 g/mol. The Hall–Kier alpha value is -2.56. The highest BCUT2D eigenvalue weighted by Gasteiger charge is 2.51. The van der Waals surface area contributed by atoms with Crippen molar-refractivity contribution in [2.24, 2.45) is 0 Å². The average Bonchev–Trinajstić information content (AvgIpc) is 2.76. The van der Waals surface area contributed by atoms with Crippen LogP contribution in [0.1, 0.15) is 24.3 Å². The molecule has 0 unspecified atom stereocenters. The van der Waals surface area contributed by atoms with E-state index >= 15 is 0 Å². The molecule has 2 aliphatic heterocycles. The number of hydrogen-bond donors (Lipinski definition) is 1. The number of carbonyl (C=O) groups is 1. The predicted molar refractivity (Wildman–Crippen MR) is 125 cm³/mol. The summed E-state index contributed by atoms with van der Waals surface area (Å²) < 4.78 is 6.24. The fraction of sp³-hybridized carbons (Fsp3) is 0.417. The molecular formula is C24H27BrN4O2. The van der Waals surface area contributed by atoms with Gasteiger partial charge in [0.2, 0.25) is 6.54 Å². The number of ether oxygens (including phenoxy) is 1. The van der Waals surface area contributed by atoms with Gasteiger partial charge in [0.15, 0.2) is 0 Å². The molecule has 3 atom stereocenters. The van der Waals surface area contributed by atoms with Gasteiger partial charge in [-0.1, -0.05) is 28.1 Å². The molecule has 0 radical (unpaired) electrons. The van der Waals surface area contributed by atoms with Crippen LogP contribution in [0.3, 0.4) is 0 Å². The van der Waals surface area contributed by atoms with E-state index < -0.39 is 0 Å². The number of rotatable bonds is 4. The molecule has 7 heteroatoms. The van der Waals surface area contributed by atoms with E-state index in [2.05, 4.69) is 55.3 Å². The number of fused-ring (bicyclic) bond motifs is 1. The van der Waals surface area contributed by atoms with Crippen LogP contribution < -0.4 is 10.1 Å². The number of halogens is 1. The molecule has 1 N–H and O–H groups in total. The van der Waals surface area contributed by atoms with E-state index in [9.17, 15) is 4.79 Å². The number of benzene rings is 2. The van der Waals surface area contributed by atoms with Crippen LogP contribution >= 0.6 is 15.9 Å². The fourth-order valence-corrected chi connectivity index (χ4v) is 5.04. The van der Waals surface area contributed by atoms with E-state index in [1.54, 1.807) is 7.11 Å². The van der Waals surface area contributed by atoms with Gasteiger partial charge in [-0.15, -0.1) is 0 Å². The molecule has 4 rings (SSSR count). The van der Waals surface area contributed by atoms with Crippen molar-refractivity contribution in [3.05, 3.63) is 70.0 Å². The summed E-state index contributed by atoms with van der Waals surface area (Å²) in [5.74, 6) is 1.02. The van der Waals surface area contributed by atoms with Gasteiger partial charge < -0.3 is 19.8 Å². The number of methoxy groups -OCH3 is 1. The molecule has 2 saturated heterocycles. The standard InChI is InChI=1S/C24H27BrN4O2/c1-26-15-21-23(17-5-7-18(25)8-6-17)22-16-28(13-3-4-14-29(21)22)24(30)27-19-9-11-20(31-2)12-10-19/h5-12,21-23H,3-4,13-16H2,2H3,(H,27,30)/t21-,22+,23+/m1/s1. The summed E-state index contributed by atoms with van der Waals surface area (Å²) in [5.41, 5.74) is 2.00. The summed E-state index contributed by atoms with van der Waals surface area (Å²) in [5, 5.41) is 3.03. The molecule has 0 aromatic heterocycles. The lowest BCUT2D eigenvalue weighted by Crippen LogP contribution is -2.67. The van der Waals surface area contributed by atoms with E-state index in [1.165, 1.54) is 5.56 Å². The quantitative estimate of drug-likeness (QED) is 0.634. The minimum Gasteiger partial charge on any atom is -0.497 e. The zero-order chi connectivity index (χ0) is 21.8. The average molecular weight is 483 g/mol. The Bertz CT molecular complexity index is 942. The molecule has 0 spiro atoms. The van der Waals surface area contributed by atoms with Crippen LogP contribution in [-0.4, -0.2) is 61.2 Å². The molecule has 2 fully saturated rings. The van der Waals surface area contributed by atoms with Gasteiger partial charge in [0.25, 0.3) is 0 Å². The molecule has 162 valence electrons. The maximum atomic E-state index is 13.1. The van der Waals surface area contributed by atoms with Crippen LogP contribution in [0.25, 0.3) is 4.85 Å². The first-order chi connectivity index (χ1) is 15.1. The molecule has 2 aliphatic rings. The second kappa shape index (κ2) is 9.71. The maximum Gasteiger partial charge on any atom is 0.321 e. The molecule has 2 heterocycles. The Morgan fingerprint density at radius 3 is 2.55 bits per heavy atom. The number of carbonyl (C=O) groups excluding carboxylic acids is 1. The number of anilines is 1. The summed E-state index contributed by atoms with van der Waals surface area (Å²) in [7, 11) is 1.63. The Morgan fingerprint density at radius 1 is 1.16 bits per heavy atom. The van der Waals surface area contributed by atoms with E-state index in [1.807, 2.05) is 29.2 Å². The van der Waals surface area contributed by atoms with Crippen molar-refractivity contribution >= 4 is 27.6 Å². The number of amides is 2. The lowest BCUT2D eigenvalue weighted by molar-refractivity contribution is -0.0272. The minimum atomic E-state index is -0.0739. The highest BCUT2D eigenvalue weighted by Crippen LogP contribution is 2.42. The van der Waals surface area contributed by atoms with Crippen molar-refractivity contribution in [3.63, 3.8) is 0 Å². The lowest BCUT2D eigenvalue weighted by atomic mass is 9.74. The Kier molecular flexibility index (Phi) is 6.79. The number of hydrogen-bond acceptors (Lipinski definition) is 3. The van der Waals surface area contributed by atoms with Crippen molar-refractivity contribution in [2.75, 3.05) is 38.6 Å². The van der Waals surface area contributed by atoms with Crippen LogP contribution in [0.4, 0.5) is 10.5 Å². The minimum absolute atomic E-state index is 0.0739. The van der Waals surface area contributed by atoms with Crippen molar-refractivity contribution in [1.82, 2.24) is 9.80 Å². The molecule has 2 aromatic rings. The summed E-state index contributed by atoms with van der Waals surface area (Å²) >= 11 is 3.51. The predicted octanol–water partition coefficient (Wildman–Crippen LogP) is 4.84. The SMILES string of the molecule is [C-]#[N+]C[C@@H]1[C@H](c2ccc(Br)cc2)[C@@H]2CN(C(=O)Nc3ccc(OC)cc3)CCCCN12. The zero-order valence-corrected chi connectivity index (χ0v) is 19.2. The third kappa shape index (κ3) is 4.70. The molecule has 0 saturated carbocycles. The van der Waals surface area contributed by atoms with Crippen molar-refractivity contribution < 1.29 is 9.53 Å². The van der Waals surface area contributed by atoms with E-state index in [-0.39, 0.29) is 24.0 Å². The maximum absolute atomic E-state index is 13.1. The molecule has 6 nitrogen and oxygen atoms in total. The second-order valence-corrected chi connectivity index (χ2v) is 9.02. The Labute approximate surface area is 192 Å². The number of urea groups is 1. The monoisotopic (exact) mass is 482 g/mol. The topological polar surface area (TPSA) is 49.2 Å². The first-order valence-corrected chi connectivity index (χ1v) is 11.4. The van der Waals surface area contributed by atoms with Gasteiger partial charge in [0.05, 0.1) is 13.2 Å². The highest BCUT2D eigenvalue weighted by molar-refractivity contribution is 9.10. The van der Waals surface area contributed by atoms with Crippen molar-refractivity contribution in [1.29, 1.82) is 0 Å². The second-order valence-electron chi connectivity index (χ2n) is 8.10. The van der Waals surface area contributed by atoms with Gasteiger partial charge in [0.1, 0.15) is 5.75 Å². The van der Waals surface area contributed by atoms with E-state index in [4.69, 9.17) is 11.3 Å². The van der Waals surface area contributed by atoms with Gasteiger partial charge >= 0.3 is 6.03 Å². The summed E-state index contributed by atoms with van der Waals surface area (Å²) in [6.07, 6.45) is 2.00. The van der Waals surface area contributed by atoms with Crippen LogP contribution in [0.15, 0.2) is 53.0 Å². The van der Waals surface area contributed by atoms with Gasteiger partial charge in [0, 0.05) is 35.2 Å². The van der Waals surface area contributed by atoms with Crippen molar-refractivity contribution in [2.45, 2.75) is 30.8 Å². The third-order valence-corrected chi connectivity index (χ3v) is 6.87. The third-order valence-electron chi connectivity index (χ3n) is 6.34. The summed E-state index contributed by atoms with van der Waals surface area (Å²) in [6.45, 7) is 10.3.